The predicted octanol–water partition coefficient (Wildman–Crippen LogP) is 3.75. The van der Waals surface area contributed by atoms with Crippen LogP contribution < -0.4 is 14.4 Å². The second-order valence-corrected chi connectivity index (χ2v) is 10.8. The summed E-state index contributed by atoms with van der Waals surface area (Å²) >= 11 is 0. The molecule has 0 saturated heterocycles. The van der Waals surface area contributed by atoms with Crippen molar-refractivity contribution in [3.8, 4) is 5.75 Å². The van der Waals surface area contributed by atoms with Gasteiger partial charge in [-0.1, -0.05) is 51.1 Å². The van der Waals surface area contributed by atoms with Gasteiger partial charge in [-0.15, -0.1) is 0 Å². The highest BCUT2D eigenvalue weighted by Gasteiger charge is 2.32. The van der Waals surface area contributed by atoms with Crippen LogP contribution in [0.3, 0.4) is 0 Å². The molecule has 8 nitrogen and oxygen atoms in total. The van der Waals surface area contributed by atoms with E-state index in [0.29, 0.717) is 24.3 Å². The van der Waals surface area contributed by atoms with Gasteiger partial charge in [0.05, 0.1) is 19.1 Å². The van der Waals surface area contributed by atoms with Gasteiger partial charge in [-0.3, -0.25) is 13.9 Å². The Kier molecular flexibility index (Phi) is 10.8. The molecule has 9 heteroatoms. The Morgan fingerprint density at radius 1 is 1.00 bits per heavy atom. The Morgan fingerprint density at radius 3 is 2.17 bits per heavy atom. The summed E-state index contributed by atoms with van der Waals surface area (Å²) in [5.41, 5.74) is 2.09. The summed E-state index contributed by atoms with van der Waals surface area (Å²) in [5, 5.41) is 2.97. The minimum absolute atomic E-state index is 0.0477. The normalized spacial score (nSPS) is 12.9. The second-order valence-electron chi connectivity index (χ2n) is 8.86. The van der Waals surface area contributed by atoms with Crippen LogP contribution in [0.25, 0.3) is 0 Å². The van der Waals surface area contributed by atoms with Crippen LogP contribution in [0, 0.1) is 0 Å². The SMILES string of the molecule is CCc1ccccc1N(CC(=O)N(Cc1ccc(OC)cc1)[C@H](CC)C(=O)N[C@@H](C)CC)S(C)(=O)=O. The van der Waals surface area contributed by atoms with Gasteiger partial charge in [0.25, 0.3) is 0 Å². The highest BCUT2D eigenvalue weighted by molar-refractivity contribution is 7.92. The molecule has 2 aromatic carbocycles. The number of benzene rings is 2. The van der Waals surface area contributed by atoms with Crippen LogP contribution in [0.15, 0.2) is 48.5 Å². The first-order valence-corrected chi connectivity index (χ1v) is 14.2. The lowest BCUT2D eigenvalue weighted by Crippen LogP contribution is -2.53. The summed E-state index contributed by atoms with van der Waals surface area (Å²) < 4.78 is 32.0. The molecule has 0 radical (unpaired) electrons. The Labute approximate surface area is 215 Å². The Morgan fingerprint density at radius 2 is 1.64 bits per heavy atom. The van der Waals surface area contributed by atoms with E-state index in [1.807, 2.05) is 52.0 Å². The van der Waals surface area contributed by atoms with Crippen molar-refractivity contribution in [1.29, 1.82) is 0 Å². The third-order valence-electron chi connectivity index (χ3n) is 6.22. The number of nitrogens with one attached hydrogen (secondary N) is 1. The van der Waals surface area contributed by atoms with E-state index in [9.17, 15) is 18.0 Å². The third kappa shape index (κ3) is 7.71. The number of carbonyl (C=O) groups is 2. The second kappa shape index (κ2) is 13.3. The first kappa shape index (κ1) is 29.2. The molecule has 0 unspecified atom stereocenters. The molecule has 198 valence electrons. The van der Waals surface area contributed by atoms with Gasteiger partial charge < -0.3 is 15.0 Å². The van der Waals surface area contributed by atoms with Crippen molar-refractivity contribution in [2.45, 2.75) is 65.6 Å². The summed E-state index contributed by atoms with van der Waals surface area (Å²) in [4.78, 5) is 28.4. The molecule has 2 atom stereocenters. The number of ether oxygens (including phenoxy) is 1. The van der Waals surface area contributed by atoms with Crippen molar-refractivity contribution in [2.24, 2.45) is 0 Å². The van der Waals surface area contributed by atoms with Crippen molar-refractivity contribution in [3.63, 3.8) is 0 Å². The molecule has 0 aliphatic carbocycles. The van der Waals surface area contributed by atoms with E-state index in [2.05, 4.69) is 5.32 Å². The largest absolute Gasteiger partial charge is 0.497 e. The average molecular weight is 518 g/mol. The number of nitrogens with zero attached hydrogens (tertiary/aromatic N) is 2. The fourth-order valence-corrected chi connectivity index (χ4v) is 4.82. The van der Waals surface area contributed by atoms with Gasteiger partial charge in [-0.05, 0) is 55.5 Å². The Bertz CT molecular complexity index is 1120. The number of hydrogen-bond donors (Lipinski definition) is 1. The molecule has 0 bridgehead atoms. The first-order valence-electron chi connectivity index (χ1n) is 12.3. The average Bonchev–Trinajstić information content (AvgIpc) is 2.86. The van der Waals surface area contributed by atoms with Crippen LogP contribution >= 0.6 is 0 Å². The van der Waals surface area contributed by atoms with E-state index in [4.69, 9.17) is 4.74 Å². The molecule has 0 aromatic heterocycles. The summed E-state index contributed by atoms with van der Waals surface area (Å²) in [6.45, 7) is 7.41. The number of carbonyl (C=O) groups excluding carboxylic acids is 2. The molecule has 0 fully saturated rings. The lowest BCUT2D eigenvalue weighted by Gasteiger charge is -2.33. The van der Waals surface area contributed by atoms with Crippen molar-refractivity contribution >= 4 is 27.5 Å². The van der Waals surface area contributed by atoms with Gasteiger partial charge in [-0.25, -0.2) is 8.42 Å². The zero-order valence-electron chi connectivity index (χ0n) is 22.2. The molecular formula is C27H39N3O5S. The van der Waals surface area contributed by atoms with Crippen molar-refractivity contribution < 1.29 is 22.7 Å². The fourth-order valence-electron chi connectivity index (χ4n) is 3.94. The van der Waals surface area contributed by atoms with Crippen LogP contribution in [-0.2, 0) is 32.6 Å². The number of para-hydroxylation sites is 1. The maximum absolute atomic E-state index is 13.8. The molecule has 2 amide bonds. The molecule has 0 saturated carbocycles. The van der Waals surface area contributed by atoms with Gasteiger partial charge in [0.1, 0.15) is 18.3 Å². The van der Waals surface area contributed by atoms with E-state index >= 15 is 0 Å². The number of sulfonamides is 1. The number of anilines is 1. The Hall–Kier alpha value is -3.07. The maximum Gasteiger partial charge on any atom is 0.244 e. The highest BCUT2D eigenvalue weighted by atomic mass is 32.2. The van der Waals surface area contributed by atoms with E-state index in [1.54, 1.807) is 31.4 Å². The standard InChI is InChI=1S/C27H39N3O5S/c1-7-20(4)28-27(32)24(9-3)29(18-21-14-16-23(35-5)17-15-21)26(31)19-30(36(6,33)34)25-13-11-10-12-22(25)8-2/h10-17,20,24H,7-9,18-19H2,1-6H3,(H,28,32)/t20-,24+/m0/s1. The molecule has 36 heavy (non-hydrogen) atoms. The number of hydrogen-bond acceptors (Lipinski definition) is 5. The van der Waals surface area contributed by atoms with E-state index in [1.165, 1.54) is 4.90 Å². The third-order valence-corrected chi connectivity index (χ3v) is 7.35. The van der Waals surface area contributed by atoms with Crippen molar-refractivity contribution in [2.75, 3.05) is 24.2 Å². The predicted molar refractivity (Wildman–Crippen MR) is 144 cm³/mol. The van der Waals surface area contributed by atoms with Crippen LogP contribution in [0.1, 0.15) is 51.7 Å². The smallest absolute Gasteiger partial charge is 0.244 e. The van der Waals surface area contributed by atoms with Gasteiger partial charge in [0, 0.05) is 12.6 Å². The van der Waals surface area contributed by atoms with Crippen LogP contribution in [0.5, 0.6) is 5.75 Å². The van der Waals surface area contributed by atoms with Gasteiger partial charge in [0.2, 0.25) is 21.8 Å². The molecule has 0 spiro atoms. The first-order chi connectivity index (χ1) is 17.0. The molecule has 0 heterocycles. The summed E-state index contributed by atoms with van der Waals surface area (Å²) in [7, 11) is -2.19. The van der Waals surface area contributed by atoms with Crippen LogP contribution in [0.4, 0.5) is 5.69 Å². The van der Waals surface area contributed by atoms with Gasteiger partial charge in [-0.2, -0.15) is 0 Å². The topological polar surface area (TPSA) is 96.0 Å². The van der Waals surface area contributed by atoms with Crippen LogP contribution in [-0.4, -0.2) is 57.1 Å². The van der Waals surface area contributed by atoms with Crippen molar-refractivity contribution in [3.05, 3.63) is 59.7 Å². The summed E-state index contributed by atoms with van der Waals surface area (Å²) in [6, 6.07) is 13.6. The van der Waals surface area contributed by atoms with E-state index in [0.717, 1.165) is 28.1 Å². The molecule has 0 aliphatic rings. The number of rotatable bonds is 13. The van der Waals surface area contributed by atoms with E-state index < -0.39 is 28.5 Å². The quantitative estimate of drug-likeness (QED) is 0.437. The van der Waals surface area contributed by atoms with Gasteiger partial charge in [0.15, 0.2) is 0 Å². The number of aryl methyl sites for hydroxylation is 1. The zero-order chi connectivity index (χ0) is 26.9. The molecule has 2 rings (SSSR count). The maximum atomic E-state index is 13.8. The Balaban J connectivity index is 2.47. The zero-order valence-corrected chi connectivity index (χ0v) is 23.0. The fraction of sp³-hybridized carbons (Fsp3) is 0.481. The van der Waals surface area contributed by atoms with Crippen molar-refractivity contribution in [1.82, 2.24) is 10.2 Å². The minimum atomic E-state index is -3.77. The molecule has 2 aromatic rings. The highest BCUT2D eigenvalue weighted by Crippen LogP contribution is 2.24. The minimum Gasteiger partial charge on any atom is -0.497 e. The lowest BCUT2D eigenvalue weighted by atomic mass is 10.1. The summed E-state index contributed by atoms with van der Waals surface area (Å²) in [6.07, 6.45) is 2.84. The molecule has 0 aliphatic heterocycles. The molecule has 1 N–H and O–H groups in total. The van der Waals surface area contributed by atoms with E-state index in [-0.39, 0.29) is 18.5 Å². The number of methoxy groups -OCH3 is 1. The summed E-state index contributed by atoms with van der Waals surface area (Å²) in [5.74, 6) is -0.0283. The molecular weight excluding hydrogens is 478 g/mol. The monoisotopic (exact) mass is 517 g/mol. The van der Waals surface area contributed by atoms with Crippen LogP contribution in [0.2, 0.25) is 0 Å². The number of amides is 2. The lowest BCUT2D eigenvalue weighted by molar-refractivity contribution is -0.140. The van der Waals surface area contributed by atoms with Gasteiger partial charge >= 0.3 is 0 Å².